The Balaban J connectivity index is 1.46. The van der Waals surface area contributed by atoms with Gasteiger partial charge in [0.05, 0.1) is 7.11 Å². The number of ether oxygens (including phenoxy) is 2. The molecule has 0 bridgehead atoms. The van der Waals surface area contributed by atoms with Gasteiger partial charge in [-0.15, -0.1) is 13.2 Å². The molecule has 0 radical (unpaired) electrons. The third-order valence-corrected chi connectivity index (χ3v) is 7.49. The van der Waals surface area contributed by atoms with Gasteiger partial charge in [0.15, 0.2) is 6.04 Å². The third kappa shape index (κ3) is 8.14. The Bertz CT molecular complexity index is 1750. The van der Waals surface area contributed by atoms with E-state index in [0.29, 0.717) is 34.4 Å². The highest BCUT2D eigenvalue weighted by Gasteiger charge is 2.32. The molecule has 45 heavy (non-hydrogen) atoms. The number of aromatic amines is 1. The molecule has 0 aliphatic carbocycles. The lowest BCUT2D eigenvalue weighted by Gasteiger charge is -2.25. The van der Waals surface area contributed by atoms with Gasteiger partial charge < -0.3 is 30.0 Å². The van der Waals surface area contributed by atoms with Crippen LogP contribution < -0.4 is 20.9 Å². The van der Waals surface area contributed by atoms with E-state index in [1.54, 1.807) is 44.4 Å². The number of carbonyl (C=O) groups is 2. The van der Waals surface area contributed by atoms with Gasteiger partial charge in [0, 0.05) is 36.6 Å². The number of nitrogens with zero attached hydrogens (tertiary/aromatic N) is 1. The van der Waals surface area contributed by atoms with Crippen LogP contribution in [-0.2, 0) is 16.0 Å². The van der Waals surface area contributed by atoms with Crippen molar-refractivity contribution in [1.29, 1.82) is 0 Å². The Hall–Kier alpha value is -5.00. The van der Waals surface area contributed by atoms with Crippen molar-refractivity contribution in [3.63, 3.8) is 0 Å². The summed E-state index contributed by atoms with van der Waals surface area (Å²) in [5.74, 6) is -0.903. The molecular formula is C33H35F3N4O5. The number of carbonyl (C=O) groups excluding carboxylic acids is 2. The van der Waals surface area contributed by atoms with Crippen LogP contribution >= 0.6 is 0 Å². The lowest BCUT2D eigenvalue weighted by Crippen LogP contribution is -2.34. The zero-order chi connectivity index (χ0) is 32.9. The smallest absolute Gasteiger partial charge is 0.467 e. The molecule has 2 amide bonds. The number of esters is 1. The Kier molecular flexibility index (Phi) is 10.1. The van der Waals surface area contributed by atoms with Gasteiger partial charge in [0.1, 0.15) is 5.75 Å². The van der Waals surface area contributed by atoms with Gasteiger partial charge in [-0.25, -0.2) is 9.59 Å². The minimum atomic E-state index is -4.81. The molecule has 0 aliphatic heterocycles. The van der Waals surface area contributed by atoms with Crippen LogP contribution in [0.2, 0.25) is 0 Å². The summed E-state index contributed by atoms with van der Waals surface area (Å²) in [6, 6.07) is 15.4. The second-order valence-electron chi connectivity index (χ2n) is 10.8. The molecule has 3 aromatic carbocycles. The number of amides is 2. The molecule has 1 heterocycles. The van der Waals surface area contributed by atoms with E-state index in [1.807, 2.05) is 32.0 Å². The summed E-state index contributed by atoms with van der Waals surface area (Å²) < 4.78 is 47.2. The maximum atomic E-state index is 12.9. The number of pyridine rings is 1. The van der Waals surface area contributed by atoms with Crippen LogP contribution in [0.5, 0.6) is 5.75 Å². The molecule has 9 nitrogen and oxygen atoms in total. The molecule has 0 fully saturated rings. The number of urea groups is 1. The van der Waals surface area contributed by atoms with Gasteiger partial charge >= 0.3 is 18.4 Å². The summed E-state index contributed by atoms with van der Waals surface area (Å²) in [5, 5.41) is 7.16. The maximum Gasteiger partial charge on any atom is 0.573 e. The van der Waals surface area contributed by atoms with Crippen molar-refractivity contribution in [2.45, 2.75) is 45.5 Å². The zero-order valence-corrected chi connectivity index (χ0v) is 25.5. The van der Waals surface area contributed by atoms with Crippen LogP contribution in [-0.4, -0.2) is 48.9 Å². The lowest BCUT2D eigenvalue weighted by atomic mass is 9.92. The van der Waals surface area contributed by atoms with Crippen LogP contribution in [0.15, 0.2) is 71.7 Å². The highest BCUT2D eigenvalue weighted by molar-refractivity contribution is 5.89. The van der Waals surface area contributed by atoms with Crippen LogP contribution in [0, 0.1) is 6.92 Å². The standard InChI is InChI=1S/C33H35F3N4O5/c1-6-21-16-24(10-12-28(21)45-33(34,35)36)39-32(43)40(4)18-20(3)26-11-8-23(15-19(26)2)29(31(42)44-5)38-25-9-7-22-13-14-37-30(41)27(22)17-25/h7-17,20,29,38H,6,18H2,1-5H3,(H,37,41)(H,39,43)/t20-,29?/m0/s1. The van der Waals surface area contributed by atoms with E-state index in [9.17, 15) is 27.6 Å². The predicted octanol–water partition coefficient (Wildman–Crippen LogP) is 6.89. The highest BCUT2D eigenvalue weighted by Crippen LogP contribution is 2.30. The minimum absolute atomic E-state index is 0.0969. The number of alkyl halides is 3. The first kappa shape index (κ1) is 32.9. The maximum absolute atomic E-state index is 12.9. The van der Waals surface area contributed by atoms with Gasteiger partial charge in [-0.3, -0.25) is 4.79 Å². The number of halogens is 3. The summed E-state index contributed by atoms with van der Waals surface area (Å²) >= 11 is 0. The Labute approximate surface area is 258 Å². The summed E-state index contributed by atoms with van der Waals surface area (Å²) in [4.78, 5) is 42.1. The van der Waals surface area contributed by atoms with Crippen LogP contribution in [0.1, 0.15) is 48.1 Å². The second-order valence-corrected chi connectivity index (χ2v) is 10.8. The number of methoxy groups -OCH3 is 1. The number of aromatic nitrogens is 1. The fourth-order valence-electron chi connectivity index (χ4n) is 5.24. The SMILES string of the molecule is CCc1cc(NC(=O)N(C)C[C@H](C)c2ccc(C(Nc3ccc4cc[nH]c(=O)c4c3)C(=O)OC)cc2C)ccc1OC(F)(F)F. The largest absolute Gasteiger partial charge is 0.573 e. The summed E-state index contributed by atoms with van der Waals surface area (Å²) in [5.41, 5.74) is 3.51. The molecule has 0 aliphatic rings. The first-order valence-electron chi connectivity index (χ1n) is 14.3. The van der Waals surface area contributed by atoms with Crippen LogP contribution in [0.4, 0.5) is 29.3 Å². The average molecular weight is 625 g/mol. The summed E-state index contributed by atoms with van der Waals surface area (Å²) in [7, 11) is 2.93. The van der Waals surface area contributed by atoms with Gasteiger partial charge in [0.2, 0.25) is 0 Å². The fourth-order valence-corrected chi connectivity index (χ4v) is 5.24. The van der Waals surface area contributed by atoms with Crippen molar-refractivity contribution in [2.75, 3.05) is 31.3 Å². The van der Waals surface area contributed by atoms with Crippen molar-refractivity contribution in [1.82, 2.24) is 9.88 Å². The monoisotopic (exact) mass is 624 g/mol. The second kappa shape index (κ2) is 13.7. The fraction of sp³-hybridized carbons (Fsp3) is 0.303. The number of anilines is 2. The van der Waals surface area contributed by atoms with E-state index in [0.717, 1.165) is 16.5 Å². The number of H-pyrrole nitrogens is 1. The number of hydrogen-bond donors (Lipinski definition) is 3. The molecule has 2 atom stereocenters. The molecule has 238 valence electrons. The molecule has 0 spiro atoms. The van der Waals surface area contributed by atoms with Crippen molar-refractivity contribution in [3.8, 4) is 5.75 Å². The number of rotatable bonds is 10. The van der Waals surface area contributed by atoms with E-state index in [4.69, 9.17) is 4.74 Å². The normalized spacial score (nSPS) is 12.7. The number of fused-ring (bicyclic) bond motifs is 1. The number of aryl methyl sites for hydroxylation is 2. The number of nitrogens with one attached hydrogen (secondary N) is 3. The number of benzene rings is 3. The van der Waals surface area contributed by atoms with Crippen LogP contribution in [0.25, 0.3) is 10.8 Å². The van der Waals surface area contributed by atoms with E-state index in [1.165, 1.54) is 30.2 Å². The number of hydrogen-bond acceptors (Lipinski definition) is 6. The molecule has 1 unspecified atom stereocenters. The van der Waals surface area contributed by atoms with Crippen molar-refractivity contribution in [3.05, 3.63) is 99.5 Å². The Morgan fingerprint density at radius 3 is 2.42 bits per heavy atom. The molecule has 0 saturated heterocycles. The molecule has 3 N–H and O–H groups in total. The van der Waals surface area contributed by atoms with Gasteiger partial charge in [-0.05, 0) is 83.3 Å². The summed E-state index contributed by atoms with van der Waals surface area (Å²) in [6.45, 7) is 5.91. The van der Waals surface area contributed by atoms with E-state index < -0.39 is 24.4 Å². The first-order valence-corrected chi connectivity index (χ1v) is 14.3. The number of likely N-dealkylation sites (N-methyl/N-ethyl adjacent to an activating group) is 1. The molecule has 4 aromatic rings. The zero-order valence-electron chi connectivity index (χ0n) is 25.5. The van der Waals surface area contributed by atoms with Crippen LogP contribution in [0.3, 0.4) is 0 Å². The van der Waals surface area contributed by atoms with Gasteiger partial charge in [-0.2, -0.15) is 0 Å². The van der Waals surface area contributed by atoms with E-state index in [2.05, 4.69) is 20.4 Å². The Morgan fingerprint density at radius 1 is 1.02 bits per heavy atom. The topological polar surface area (TPSA) is 113 Å². The molecule has 12 heteroatoms. The van der Waals surface area contributed by atoms with E-state index >= 15 is 0 Å². The van der Waals surface area contributed by atoms with Crippen molar-refractivity contribution >= 4 is 34.1 Å². The minimum Gasteiger partial charge on any atom is -0.467 e. The molecule has 0 saturated carbocycles. The van der Waals surface area contributed by atoms with Gasteiger partial charge in [-0.1, -0.05) is 38.1 Å². The third-order valence-electron chi connectivity index (χ3n) is 7.49. The first-order chi connectivity index (χ1) is 21.3. The summed E-state index contributed by atoms with van der Waals surface area (Å²) in [6.07, 6.45) is -2.95. The molecular weight excluding hydrogens is 589 g/mol. The Morgan fingerprint density at radius 2 is 1.76 bits per heavy atom. The predicted molar refractivity (Wildman–Crippen MR) is 167 cm³/mol. The van der Waals surface area contributed by atoms with Crippen molar-refractivity contribution < 1.29 is 32.2 Å². The van der Waals surface area contributed by atoms with Crippen molar-refractivity contribution in [2.24, 2.45) is 0 Å². The molecule has 1 aromatic heterocycles. The van der Waals surface area contributed by atoms with Gasteiger partial charge in [0.25, 0.3) is 5.56 Å². The average Bonchev–Trinajstić information content (AvgIpc) is 2.99. The molecule has 4 rings (SSSR count). The van der Waals surface area contributed by atoms with E-state index in [-0.39, 0.29) is 23.6 Å². The quantitative estimate of drug-likeness (QED) is 0.166. The lowest BCUT2D eigenvalue weighted by molar-refractivity contribution is -0.274. The highest BCUT2D eigenvalue weighted by atomic mass is 19.4.